The molecule has 0 radical (unpaired) electrons. The molecule has 0 bridgehead atoms. The molecule has 0 aliphatic carbocycles. The Morgan fingerprint density at radius 1 is 1.09 bits per heavy atom. The summed E-state index contributed by atoms with van der Waals surface area (Å²) < 4.78 is 10.6. The minimum absolute atomic E-state index is 0.136. The van der Waals surface area contributed by atoms with E-state index in [0.717, 1.165) is 5.56 Å². The predicted molar refractivity (Wildman–Crippen MR) is 117 cm³/mol. The second kappa shape index (κ2) is 8.22. The molecular formula is C24H21N3O5. The minimum atomic E-state index is -0.693. The lowest BCUT2D eigenvalue weighted by Gasteiger charge is -2.08. The van der Waals surface area contributed by atoms with Gasteiger partial charge in [-0.1, -0.05) is 35.5 Å². The number of Topliss-reactive ketones (excluding diaryl/α,β-unsaturated/α-hetero) is 2. The minimum Gasteiger partial charge on any atom is -0.454 e. The number of H-pyrrole nitrogens is 1. The molecule has 0 aliphatic rings. The summed E-state index contributed by atoms with van der Waals surface area (Å²) in [6.45, 7) is 6.07. The Kier molecular flexibility index (Phi) is 5.44. The molecular weight excluding hydrogens is 410 g/mol. The van der Waals surface area contributed by atoms with Crippen molar-refractivity contribution in [2.45, 2.75) is 27.7 Å². The third-order valence-corrected chi connectivity index (χ3v) is 5.31. The highest BCUT2D eigenvalue weighted by atomic mass is 16.5. The van der Waals surface area contributed by atoms with Gasteiger partial charge in [0, 0.05) is 16.8 Å². The van der Waals surface area contributed by atoms with Crippen molar-refractivity contribution >= 4 is 28.6 Å². The number of fused-ring (bicyclic) bond motifs is 1. The highest BCUT2D eigenvalue weighted by Crippen LogP contribution is 2.27. The van der Waals surface area contributed by atoms with Crippen LogP contribution in [0, 0.1) is 20.8 Å². The van der Waals surface area contributed by atoms with E-state index in [0.29, 0.717) is 33.6 Å². The van der Waals surface area contributed by atoms with Crippen molar-refractivity contribution in [2.75, 3.05) is 6.61 Å². The van der Waals surface area contributed by atoms with Gasteiger partial charge in [-0.2, -0.15) is 0 Å². The van der Waals surface area contributed by atoms with E-state index in [-0.39, 0.29) is 22.8 Å². The Morgan fingerprint density at radius 3 is 2.47 bits per heavy atom. The predicted octanol–water partition coefficient (Wildman–Crippen LogP) is 4.39. The molecule has 0 aliphatic heterocycles. The molecule has 0 saturated heterocycles. The highest BCUT2D eigenvalue weighted by Gasteiger charge is 2.24. The number of hydrogen-bond donors (Lipinski definition) is 1. The zero-order valence-electron chi connectivity index (χ0n) is 18.1. The number of rotatable bonds is 6. The highest BCUT2D eigenvalue weighted by molar-refractivity contribution is 6.07. The average Bonchev–Trinajstić information content (AvgIpc) is 3.30. The van der Waals surface area contributed by atoms with Gasteiger partial charge in [-0.3, -0.25) is 9.59 Å². The van der Waals surface area contributed by atoms with E-state index in [1.807, 2.05) is 30.3 Å². The van der Waals surface area contributed by atoms with E-state index in [9.17, 15) is 14.4 Å². The Balaban J connectivity index is 1.63. The first-order chi connectivity index (χ1) is 15.3. The number of carbonyl (C=O) groups excluding carboxylic acids is 3. The van der Waals surface area contributed by atoms with Gasteiger partial charge in [0.1, 0.15) is 0 Å². The molecule has 0 saturated carbocycles. The van der Waals surface area contributed by atoms with Crippen molar-refractivity contribution in [1.29, 1.82) is 0 Å². The van der Waals surface area contributed by atoms with Crippen LogP contribution in [0.5, 0.6) is 0 Å². The van der Waals surface area contributed by atoms with E-state index < -0.39 is 18.4 Å². The van der Waals surface area contributed by atoms with Gasteiger partial charge in [-0.15, -0.1) is 0 Å². The van der Waals surface area contributed by atoms with Gasteiger partial charge < -0.3 is 14.2 Å². The molecule has 3 aromatic heterocycles. The van der Waals surface area contributed by atoms with Crippen LogP contribution in [0.2, 0.25) is 0 Å². The third kappa shape index (κ3) is 3.71. The van der Waals surface area contributed by atoms with Crippen LogP contribution in [0.3, 0.4) is 0 Å². The second-order valence-corrected chi connectivity index (χ2v) is 7.55. The SMILES string of the molecule is CC(=O)c1c(C)[nH]c(C(=O)COC(=O)c2cc(-c3ccccc3)nc3onc(C)c23)c1C. The number of pyridine rings is 1. The first-order valence-electron chi connectivity index (χ1n) is 10.0. The first-order valence-corrected chi connectivity index (χ1v) is 10.0. The summed E-state index contributed by atoms with van der Waals surface area (Å²) in [7, 11) is 0. The lowest BCUT2D eigenvalue weighted by molar-refractivity contribution is 0.0475. The number of benzene rings is 1. The number of esters is 1. The van der Waals surface area contributed by atoms with Crippen molar-refractivity contribution in [1.82, 2.24) is 15.1 Å². The van der Waals surface area contributed by atoms with Crippen LogP contribution >= 0.6 is 0 Å². The van der Waals surface area contributed by atoms with E-state index in [1.165, 1.54) is 6.92 Å². The number of carbonyl (C=O) groups is 3. The van der Waals surface area contributed by atoms with E-state index >= 15 is 0 Å². The number of nitrogens with one attached hydrogen (secondary N) is 1. The Morgan fingerprint density at radius 2 is 1.81 bits per heavy atom. The van der Waals surface area contributed by atoms with E-state index in [4.69, 9.17) is 9.26 Å². The largest absolute Gasteiger partial charge is 0.454 e. The molecule has 3 heterocycles. The van der Waals surface area contributed by atoms with Crippen molar-refractivity contribution < 1.29 is 23.6 Å². The number of aromatic amines is 1. The van der Waals surface area contributed by atoms with Crippen molar-refractivity contribution in [3.63, 3.8) is 0 Å². The summed E-state index contributed by atoms with van der Waals surface area (Å²) in [5, 5.41) is 4.35. The molecule has 4 aromatic rings. The van der Waals surface area contributed by atoms with Crippen LogP contribution in [0.15, 0.2) is 40.9 Å². The second-order valence-electron chi connectivity index (χ2n) is 7.55. The third-order valence-electron chi connectivity index (χ3n) is 5.31. The van der Waals surface area contributed by atoms with Crippen molar-refractivity contribution in [3.8, 4) is 11.3 Å². The average molecular weight is 431 g/mol. The van der Waals surface area contributed by atoms with E-state index in [2.05, 4.69) is 15.1 Å². The molecule has 1 N–H and O–H groups in total. The maximum absolute atomic E-state index is 13.0. The van der Waals surface area contributed by atoms with Gasteiger partial charge in [-0.25, -0.2) is 9.78 Å². The summed E-state index contributed by atoms with van der Waals surface area (Å²) in [4.78, 5) is 44.8. The van der Waals surface area contributed by atoms with Gasteiger partial charge in [0.2, 0.25) is 5.78 Å². The number of nitrogens with zero attached hydrogens (tertiary/aromatic N) is 2. The Bertz CT molecular complexity index is 1370. The van der Waals surface area contributed by atoms with Gasteiger partial charge in [0.25, 0.3) is 5.71 Å². The van der Waals surface area contributed by atoms with Crippen LogP contribution < -0.4 is 0 Å². The van der Waals surface area contributed by atoms with Crippen LogP contribution in [0.1, 0.15) is 55.1 Å². The molecule has 0 amide bonds. The van der Waals surface area contributed by atoms with Gasteiger partial charge >= 0.3 is 5.97 Å². The standard InChI is InChI=1S/C24H21N3O5/c1-12-20(15(4)28)13(2)25-22(12)19(29)11-31-24(30)17-10-18(16-8-6-5-7-9-16)26-23-21(17)14(3)27-32-23/h5-10,25H,11H2,1-4H3. The monoisotopic (exact) mass is 431 g/mol. The number of ether oxygens (including phenoxy) is 1. The normalized spacial score (nSPS) is 11.0. The number of aryl methyl sites for hydroxylation is 2. The number of aromatic nitrogens is 3. The fourth-order valence-electron chi connectivity index (χ4n) is 3.85. The molecule has 8 heteroatoms. The summed E-state index contributed by atoms with van der Waals surface area (Å²) in [5.74, 6) is -1.26. The molecule has 0 spiro atoms. The summed E-state index contributed by atoms with van der Waals surface area (Å²) >= 11 is 0. The Labute approximate surface area is 183 Å². The topological polar surface area (TPSA) is 115 Å². The van der Waals surface area contributed by atoms with Crippen molar-refractivity contribution in [2.24, 2.45) is 0 Å². The summed E-state index contributed by atoms with van der Waals surface area (Å²) in [6, 6.07) is 10.9. The zero-order valence-corrected chi connectivity index (χ0v) is 18.1. The molecule has 0 atom stereocenters. The lowest BCUT2D eigenvalue weighted by atomic mass is 10.1. The van der Waals surface area contributed by atoms with Gasteiger partial charge in [0.15, 0.2) is 12.4 Å². The van der Waals surface area contributed by atoms with Gasteiger partial charge in [0.05, 0.1) is 28.0 Å². The molecule has 4 rings (SSSR count). The maximum Gasteiger partial charge on any atom is 0.339 e. The smallest absolute Gasteiger partial charge is 0.339 e. The van der Waals surface area contributed by atoms with Crippen LogP contribution in [-0.4, -0.2) is 39.3 Å². The molecule has 0 unspecified atom stereocenters. The van der Waals surface area contributed by atoms with Crippen LogP contribution in [-0.2, 0) is 4.74 Å². The fourth-order valence-corrected chi connectivity index (χ4v) is 3.85. The number of hydrogen-bond acceptors (Lipinski definition) is 7. The maximum atomic E-state index is 13.0. The zero-order chi connectivity index (χ0) is 23.0. The summed E-state index contributed by atoms with van der Waals surface area (Å²) in [6.07, 6.45) is 0. The summed E-state index contributed by atoms with van der Waals surface area (Å²) in [5.41, 5.74) is 4.12. The Hall–Kier alpha value is -4.07. The lowest BCUT2D eigenvalue weighted by Crippen LogP contribution is -2.16. The molecule has 0 fully saturated rings. The molecule has 32 heavy (non-hydrogen) atoms. The quantitative estimate of drug-likeness (QED) is 0.356. The molecule has 1 aromatic carbocycles. The van der Waals surface area contributed by atoms with Crippen LogP contribution in [0.25, 0.3) is 22.4 Å². The van der Waals surface area contributed by atoms with Crippen molar-refractivity contribution in [3.05, 3.63) is 70.2 Å². The van der Waals surface area contributed by atoms with Gasteiger partial charge in [-0.05, 0) is 39.3 Å². The van der Waals surface area contributed by atoms with Crippen LogP contribution in [0.4, 0.5) is 0 Å². The first kappa shape index (κ1) is 21.2. The number of ketones is 2. The molecule has 162 valence electrons. The fraction of sp³-hybridized carbons (Fsp3) is 0.208. The van der Waals surface area contributed by atoms with E-state index in [1.54, 1.807) is 26.8 Å². The molecule has 8 nitrogen and oxygen atoms in total.